The number of amides is 1. The molecule has 23 heavy (non-hydrogen) atoms. The number of carbonyl (C=O) groups is 1. The zero-order chi connectivity index (χ0) is 16.8. The van der Waals surface area contributed by atoms with Crippen molar-refractivity contribution in [2.75, 3.05) is 18.8 Å². The van der Waals surface area contributed by atoms with Crippen LogP contribution in [0.3, 0.4) is 0 Å². The van der Waals surface area contributed by atoms with E-state index in [2.05, 4.69) is 32.6 Å². The van der Waals surface area contributed by atoms with Gasteiger partial charge in [-0.05, 0) is 49.8 Å². The van der Waals surface area contributed by atoms with Gasteiger partial charge >= 0.3 is 6.09 Å². The summed E-state index contributed by atoms with van der Waals surface area (Å²) < 4.78 is 8.26. The number of carbonyl (C=O) groups excluding carboxylic acids is 1. The molecule has 1 atom stereocenters. The van der Waals surface area contributed by atoms with E-state index < -0.39 is 5.60 Å². The fourth-order valence-corrected chi connectivity index (χ4v) is 3.58. The molecule has 1 saturated heterocycles. The monoisotopic (exact) mass is 429 g/mol. The predicted octanol–water partition coefficient (Wildman–Crippen LogP) is 2.64. The van der Waals surface area contributed by atoms with Crippen LogP contribution in [-0.2, 0) is 4.74 Å². The summed E-state index contributed by atoms with van der Waals surface area (Å²) in [6.07, 6.45) is 4.13. The Morgan fingerprint density at radius 2 is 2.22 bits per heavy atom. The van der Waals surface area contributed by atoms with Crippen molar-refractivity contribution in [2.24, 2.45) is 0 Å². The summed E-state index contributed by atoms with van der Waals surface area (Å²) >= 11 is 2.17. The summed E-state index contributed by atoms with van der Waals surface area (Å²) in [5.74, 6) is 1.56. The van der Waals surface area contributed by atoms with Crippen LogP contribution < -0.4 is 5.73 Å². The van der Waals surface area contributed by atoms with Crippen LogP contribution in [0.15, 0.2) is 12.4 Å². The van der Waals surface area contributed by atoms with Crippen LogP contribution in [0.25, 0.3) is 5.52 Å². The number of hydrogen-bond acceptors (Lipinski definition) is 5. The van der Waals surface area contributed by atoms with E-state index in [0.29, 0.717) is 18.9 Å². The first-order valence-corrected chi connectivity index (χ1v) is 8.60. The van der Waals surface area contributed by atoms with Crippen LogP contribution in [0.1, 0.15) is 38.9 Å². The number of hydrogen-bond donors (Lipinski definition) is 1. The molecule has 2 aromatic rings. The van der Waals surface area contributed by atoms with Crippen molar-refractivity contribution >= 4 is 40.0 Å². The van der Waals surface area contributed by atoms with Gasteiger partial charge < -0.3 is 15.4 Å². The van der Waals surface area contributed by atoms with Crippen molar-refractivity contribution in [1.29, 1.82) is 0 Å². The number of imidazole rings is 1. The normalized spacial score (nSPS) is 18.6. The van der Waals surface area contributed by atoms with Crippen LogP contribution in [0.2, 0.25) is 0 Å². The maximum atomic E-state index is 12.2. The van der Waals surface area contributed by atoms with Crippen molar-refractivity contribution in [2.45, 2.75) is 38.7 Å². The number of rotatable bonds is 1. The molecule has 1 unspecified atom stereocenters. The smallest absolute Gasteiger partial charge is 0.410 e. The molecule has 0 aromatic carbocycles. The van der Waals surface area contributed by atoms with E-state index in [-0.39, 0.29) is 12.0 Å². The Kier molecular flexibility index (Phi) is 4.11. The van der Waals surface area contributed by atoms with Gasteiger partial charge in [-0.1, -0.05) is 0 Å². The first kappa shape index (κ1) is 16.3. The SMILES string of the molecule is CC(C)(C)OC(=O)N1CCC(c2nc(I)c3c(N)nccn23)C1. The number of likely N-dealkylation sites (tertiary alicyclic amines) is 1. The number of anilines is 1. The summed E-state index contributed by atoms with van der Waals surface area (Å²) in [6.45, 7) is 6.90. The molecule has 1 fully saturated rings. The third-order valence-electron chi connectivity index (χ3n) is 3.77. The minimum Gasteiger partial charge on any atom is -0.444 e. The van der Waals surface area contributed by atoms with Crippen molar-refractivity contribution in [3.05, 3.63) is 21.9 Å². The number of ether oxygens (including phenoxy) is 1. The van der Waals surface area contributed by atoms with E-state index in [4.69, 9.17) is 10.5 Å². The molecule has 1 aliphatic rings. The van der Waals surface area contributed by atoms with E-state index in [1.807, 2.05) is 31.4 Å². The molecule has 0 bridgehead atoms. The van der Waals surface area contributed by atoms with Gasteiger partial charge in [-0.15, -0.1) is 0 Å². The summed E-state index contributed by atoms with van der Waals surface area (Å²) in [6, 6.07) is 0. The molecule has 2 N–H and O–H groups in total. The highest BCUT2D eigenvalue weighted by molar-refractivity contribution is 14.1. The second-order valence-electron chi connectivity index (χ2n) is 6.70. The Labute approximate surface area is 148 Å². The highest BCUT2D eigenvalue weighted by Gasteiger charge is 2.33. The largest absolute Gasteiger partial charge is 0.444 e. The lowest BCUT2D eigenvalue weighted by Gasteiger charge is -2.24. The molecule has 3 rings (SSSR count). The fourth-order valence-electron chi connectivity index (χ4n) is 2.79. The standard InChI is InChI=1S/C15H20IN5O2/c1-15(2,3)23-14(22)20-6-4-9(8-20)13-19-11(16)10-12(17)18-5-7-21(10)13/h5,7,9H,4,6,8H2,1-3H3,(H2,17,18). The molecule has 0 radical (unpaired) electrons. The topological polar surface area (TPSA) is 85.8 Å². The molecular weight excluding hydrogens is 409 g/mol. The lowest BCUT2D eigenvalue weighted by atomic mass is 10.1. The zero-order valence-corrected chi connectivity index (χ0v) is 15.6. The number of nitrogens with two attached hydrogens (primary N) is 1. The summed E-state index contributed by atoms with van der Waals surface area (Å²) in [4.78, 5) is 22.7. The summed E-state index contributed by atoms with van der Waals surface area (Å²) in [5, 5.41) is 0. The van der Waals surface area contributed by atoms with Gasteiger partial charge in [-0.3, -0.25) is 4.40 Å². The number of halogens is 1. The van der Waals surface area contributed by atoms with Gasteiger partial charge in [0.15, 0.2) is 5.82 Å². The average molecular weight is 429 g/mol. The van der Waals surface area contributed by atoms with E-state index in [9.17, 15) is 4.79 Å². The third kappa shape index (κ3) is 3.22. The van der Waals surface area contributed by atoms with Gasteiger partial charge in [0.2, 0.25) is 0 Å². The van der Waals surface area contributed by atoms with Crippen molar-refractivity contribution < 1.29 is 9.53 Å². The van der Waals surface area contributed by atoms with Crippen molar-refractivity contribution in [3.63, 3.8) is 0 Å². The van der Waals surface area contributed by atoms with Gasteiger partial charge in [0.25, 0.3) is 0 Å². The first-order valence-electron chi connectivity index (χ1n) is 7.52. The maximum Gasteiger partial charge on any atom is 0.410 e. The van der Waals surface area contributed by atoms with E-state index in [1.54, 1.807) is 11.1 Å². The Morgan fingerprint density at radius 3 is 2.91 bits per heavy atom. The van der Waals surface area contributed by atoms with Gasteiger partial charge in [0.05, 0.1) is 0 Å². The van der Waals surface area contributed by atoms with Crippen LogP contribution in [0.5, 0.6) is 0 Å². The molecule has 7 nitrogen and oxygen atoms in total. The first-order chi connectivity index (χ1) is 10.8. The molecular formula is C15H20IN5O2. The molecule has 0 saturated carbocycles. The second-order valence-corrected chi connectivity index (χ2v) is 7.73. The zero-order valence-electron chi connectivity index (χ0n) is 13.4. The Balaban J connectivity index is 1.83. The number of aromatic nitrogens is 3. The van der Waals surface area contributed by atoms with E-state index in [1.165, 1.54) is 0 Å². The molecule has 8 heteroatoms. The van der Waals surface area contributed by atoms with Crippen LogP contribution in [-0.4, -0.2) is 44.1 Å². The summed E-state index contributed by atoms with van der Waals surface area (Å²) in [7, 11) is 0. The molecule has 1 aliphatic heterocycles. The van der Waals surface area contributed by atoms with E-state index >= 15 is 0 Å². The highest BCUT2D eigenvalue weighted by Crippen LogP contribution is 2.30. The van der Waals surface area contributed by atoms with E-state index in [0.717, 1.165) is 21.5 Å². The fraction of sp³-hybridized carbons (Fsp3) is 0.533. The second kappa shape index (κ2) is 5.81. The molecule has 3 heterocycles. The van der Waals surface area contributed by atoms with Crippen LogP contribution >= 0.6 is 22.6 Å². The number of fused-ring (bicyclic) bond motifs is 1. The summed E-state index contributed by atoms with van der Waals surface area (Å²) in [5.41, 5.74) is 6.30. The van der Waals surface area contributed by atoms with Crippen LogP contribution in [0.4, 0.5) is 10.6 Å². The third-order valence-corrected chi connectivity index (χ3v) is 4.53. The molecule has 0 aliphatic carbocycles. The predicted molar refractivity (Wildman–Crippen MR) is 95.3 cm³/mol. The quantitative estimate of drug-likeness (QED) is 0.705. The molecule has 2 aromatic heterocycles. The molecule has 0 spiro atoms. The number of nitrogen functional groups attached to an aromatic ring is 1. The van der Waals surface area contributed by atoms with Gasteiger partial charge in [-0.25, -0.2) is 14.8 Å². The van der Waals surface area contributed by atoms with Gasteiger partial charge in [-0.2, -0.15) is 0 Å². The highest BCUT2D eigenvalue weighted by atomic mass is 127. The molecule has 1 amide bonds. The lowest BCUT2D eigenvalue weighted by Crippen LogP contribution is -2.35. The van der Waals surface area contributed by atoms with Crippen LogP contribution in [0, 0.1) is 3.70 Å². The Morgan fingerprint density at radius 1 is 1.48 bits per heavy atom. The Bertz CT molecular complexity index is 752. The maximum absolute atomic E-state index is 12.2. The van der Waals surface area contributed by atoms with Crippen molar-refractivity contribution in [1.82, 2.24) is 19.3 Å². The van der Waals surface area contributed by atoms with Gasteiger partial charge in [0, 0.05) is 31.4 Å². The number of nitrogens with zero attached hydrogens (tertiary/aromatic N) is 4. The molecule has 124 valence electrons. The average Bonchev–Trinajstić information content (AvgIpc) is 3.02. The Hall–Kier alpha value is -1.58. The lowest BCUT2D eigenvalue weighted by molar-refractivity contribution is 0.0292. The van der Waals surface area contributed by atoms with Crippen molar-refractivity contribution in [3.8, 4) is 0 Å². The minimum absolute atomic E-state index is 0.167. The van der Waals surface area contributed by atoms with Gasteiger partial charge in [0.1, 0.15) is 20.6 Å². The minimum atomic E-state index is -0.481.